The van der Waals surface area contributed by atoms with E-state index in [4.69, 9.17) is 0 Å². The van der Waals surface area contributed by atoms with Gasteiger partial charge < -0.3 is 10.2 Å². The van der Waals surface area contributed by atoms with Crippen LogP contribution in [0.15, 0.2) is 84.9 Å². The molecule has 1 aliphatic rings. The van der Waals surface area contributed by atoms with Gasteiger partial charge in [0.2, 0.25) is 5.91 Å². The maximum atomic E-state index is 13.0. The fraction of sp³-hybridized carbons (Fsp3) is 0.240. The van der Waals surface area contributed by atoms with Crippen molar-refractivity contribution < 1.29 is 4.79 Å². The SMILES string of the molecule is CN1CCN(CC(=O)Nc2ccccc2-c2ccccc2)C(c2ccccc2)C1. The first-order chi connectivity index (χ1) is 14.2. The van der Waals surface area contributed by atoms with E-state index in [1.165, 1.54) is 5.56 Å². The zero-order valence-electron chi connectivity index (χ0n) is 16.8. The van der Waals surface area contributed by atoms with Crippen LogP contribution >= 0.6 is 0 Å². The zero-order chi connectivity index (χ0) is 20.1. The van der Waals surface area contributed by atoms with Gasteiger partial charge >= 0.3 is 0 Å². The number of benzene rings is 3. The van der Waals surface area contributed by atoms with Crippen LogP contribution in [0.1, 0.15) is 11.6 Å². The molecule has 148 valence electrons. The van der Waals surface area contributed by atoms with E-state index in [-0.39, 0.29) is 11.9 Å². The normalized spacial score (nSPS) is 17.8. The lowest BCUT2D eigenvalue weighted by Crippen LogP contribution is -2.49. The maximum Gasteiger partial charge on any atom is 0.238 e. The van der Waals surface area contributed by atoms with Gasteiger partial charge in [0, 0.05) is 36.9 Å². The third kappa shape index (κ3) is 4.73. The number of carbonyl (C=O) groups excluding carboxylic acids is 1. The Morgan fingerprint density at radius 1 is 0.897 bits per heavy atom. The first kappa shape index (κ1) is 19.4. The summed E-state index contributed by atoms with van der Waals surface area (Å²) in [4.78, 5) is 17.6. The first-order valence-corrected chi connectivity index (χ1v) is 10.1. The molecule has 1 unspecified atom stereocenters. The lowest BCUT2D eigenvalue weighted by atomic mass is 10.0. The number of anilines is 1. The Hall–Kier alpha value is -2.95. The molecule has 1 saturated heterocycles. The lowest BCUT2D eigenvalue weighted by Gasteiger charge is -2.40. The molecule has 1 N–H and O–H groups in total. The van der Waals surface area contributed by atoms with Gasteiger partial charge in [-0.3, -0.25) is 9.69 Å². The third-order valence-electron chi connectivity index (χ3n) is 5.51. The quantitative estimate of drug-likeness (QED) is 0.712. The molecule has 1 atom stereocenters. The highest BCUT2D eigenvalue weighted by atomic mass is 16.2. The number of para-hydroxylation sites is 1. The van der Waals surface area contributed by atoms with Crippen molar-refractivity contribution in [3.8, 4) is 11.1 Å². The predicted octanol–water partition coefficient (Wildman–Crippen LogP) is 4.28. The molecule has 29 heavy (non-hydrogen) atoms. The van der Waals surface area contributed by atoms with Crippen molar-refractivity contribution in [1.82, 2.24) is 9.80 Å². The number of hydrogen-bond acceptors (Lipinski definition) is 3. The number of nitrogens with zero attached hydrogens (tertiary/aromatic N) is 2. The minimum Gasteiger partial charge on any atom is -0.324 e. The van der Waals surface area contributed by atoms with E-state index >= 15 is 0 Å². The predicted molar refractivity (Wildman–Crippen MR) is 119 cm³/mol. The number of rotatable bonds is 5. The molecule has 0 spiro atoms. The lowest BCUT2D eigenvalue weighted by molar-refractivity contribution is -0.118. The summed E-state index contributed by atoms with van der Waals surface area (Å²) in [5.74, 6) is 0.0267. The molecule has 0 radical (unpaired) electrons. The standard InChI is InChI=1S/C25H27N3O/c1-27-16-17-28(24(18-27)21-12-6-3-7-13-21)19-25(29)26-23-15-9-8-14-22(23)20-10-4-2-5-11-20/h2-15,24H,16-19H2,1H3,(H,26,29). The summed E-state index contributed by atoms with van der Waals surface area (Å²) in [6.45, 7) is 3.16. The minimum absolute atomic E-state index is 0.0267. The van der Waals surface area contributed by atoms with E-state index in [0.29, 0.717) is 6.54 Å². The van der Waals surface area contributed by atoms with Gasteiger partial charge in [-0.1, -0.05) is 78.9 Å². The van der Waals surface area contributed by atoms with Gasteiger partial charge in [-0.2, -0.15) is 0 Å². The molecule has 1 heterocycles. The Morgan fingerprint density at radius 3 is 2.31 bits per heavy atom. The van der Waals surface area contributed by atoms with Crippen molar-refractivity contribution in [2.24, 2.45) is 0 Å². The van der Waals surface area contributed by atoms with Crippen molar-refractivity contribution >= 4 is 11.6 Å². The van der Waals surface area contributed by atoms with Crippen molar-refractivity contribution in [2.75, 3.05) is 38.5 Å². The van der Waals surface area contributed by atoms with Crippen molar-refractivity contribution in [1.29, 1.82) is 0 Å². The molecular weight excluding hydrogens is 358 g/mol. The van der Waals surface area contributed by atoms with Crippen LogP contribution < -0.4 is 5.32 Å². The highest BCUT2D eigenvalue weighted by Gasteiger charge is 2.28. The molecule has 1 fully saturated rings. The Balaban J connectivity index is 1.50. The van der Waals surface area contributed by atoms with Crippen LogP contribution in [0, 0.1) is 0 Å². The number of carbonyl (C=O) groups is 1. The molecule has 0 saturated carbocycles. The average Bonchev–Trinajstić information content (AvgIpc) is 2.76. The second-order valence-corrected chi connectivity index (χ2v) is 7.62. The summed E-state index contributed by atoms with van der Waals surface area (Å²) in [7, 11) is 2.14. The van der Waals surface area contributed by atoms with Crippen LogP contribution in [0.3, 0.4) is 0 Å². The Labute approximate surface area is 172 Å². The summed E-state index contributed by atoms with van der Waals surface area (Å²) >= 11 is 0. The highest BCUT2D eigenvalue weighted by molar-refractivity contribution is 5.96. The molecule has 0 aromatic heterocycles. The first-order valence-electron chi connectivity index (χ1n) is 10.1. The van der Waals surface area contributed by atoms with Gasteiger partial charge in [-0.25, -0.2) is 0 Å². The van der Waals surface area contributed by atoms with Crippen LogP contribution in [-0.4, -0.2) is 48.9 Å². The van der Waals surface area contributed by atoms with Gasteiger partial charge in [-0.15, -0.1) is 0 Å². The number of nitrogens with one attached hydrogen (secondary N) is 1. The molecule has 1 aliphatic heterocycles. The highest BCUT2D eigenvalue weighted by Crippen LogP contribution is 2.28. The summed E-state index contributed by atoms with van der Waals surface area (Å²) in [5.41, 5.74) is 4.26. The van der Waals surface area contributed by atoms with Crippen LogP contribution in [0.5, 0.6) is 0 Å². The molecule has 1 amide bonds. The zero-order valence-corrected chi connectivity index (χ0v) is 16.8. The van der Waals surface area contributed by atoms with Gasteiger partial charge in [-0.05, 0) is 24.2 Å². The fourth-order valence-electron chi connectivity index (χ4n) is 3.97. The Morgan fingerprint density at radius 2 is 1.55 bits per heavy atom. The van der Waals surface area contributed by atoms with Crippen molar-refractivity contribution in [3.63, 3.8) is 0 Å². The van der Waals surface area contributed by atoms with Gasteiger partial charge in [0.1, 0.15) is 0 Å². The second kappa shape index (κ2) is 9.03. The number of amides is 1. The second-order valence-electron chi connectivity index (χ2n) is 7.62. The average molecular weight is 386 g/mol. The largest absolute Gasteiger partial charge is 0.324 e. The summed E-state index contributed by atoms with van der Waals surface area (Å²) in [6, 6.07) is 28.9. The summed E-state index contributed by atoms with van der Waals surface area (Å²) in [6.07, 6.45) is 0. The molecule has 4 rings (SSSR count). The van der Waals surface area contributed by atoms with E-state index in [1.54, 1.807) is 0 Å². The van der Waals surface area contributed by atoms with E-state index in [1.807, 2.05) is 48.5 Å². The van der Waals surface area contributed by atoms with E-state index in [0.717, 1.165) is 36.4 Å². The van der Waals surface area contributed by atoms with Crippen molar-refractivity contribution in [3.05, 3.63) is 90.5 Å². The molecule has 4 nitrogen and oxygen atoms in total. The Kier molecular flexibility index (Phi) is 6.03. The molecule has 3 aromatic rings. The smallest absolute Gasteiger partial charge is 0.238 e. The number of piperazine rings is 1. The topological polar surface area (TPSA) is 35.6 Å². The summed E-state index contributed by atoms with van der Waals surface area (Å²) in [5, 5.41) is 3.15. The van der Waals surface area contributed by atoms with E-state index < -0.39 is 0 Å². The van der Waals surface area contributed by atoms with E-state index in [2.05, 4.69) is 58.6 Å². The maximum absolute atomic E-state index is 13.0. The van der Waals surface area contributed by atoms with Crippen LogP contribution in [0.2, 0.25) is 0 Å². The summed E-state index contributed by atoms with van der Waals surface area (Å²) < 4.78 is 0. The monoisotopic (exact) mass is 385 g/mol. The minimum atomic E-state index is 0.0267. The van der Waals surface area contributed by atoms with Gasteiger partial charge in [0.05, 0.1) is 6.54 Å². The molecule has 0 bridgehead atoms. The molecule has 0 aliphatic carbocycles. The van der Waals surface area contributed by atoms with Crippen LogP contribution in [-0.2, 0) is 4.79 Å². The van der Waals surface area contributed by atoms with Crippen LogP contribution in [0.4, 0.5) is 5.69 Å². The van der Waals surface area contributed by atoms with Gasteiger partial charge in [0.15, 0.2) is 0 Å². The third-order valence-corrected chi connectivity index (χ3v) is 5.51. The van der Waals surface area contributed by atoms with Crippen LogP contribution in [0.25, 0.3) is 11.1 Å². The molecule has 4 heteroatoms. The fourth-order valence-corrected chi connectivity index (χ4v) is 3.97. The van der Waals surface area contributed by atoms with Crippen molar-refractivity contribution in [2.45, 2.75) is 6.04 Å². The molecule has 3 aromatic carbocycles. The Bertz CT molecular complexity index is 943. The number of likely N-dealkylation sites (N-methyl/N-ethyl adjacent to an activating group) is 1. The van der Waals surface area contributed by atoms with Gasteiger partial charge in [0.25, 0.3) is 0 Å². The van der Waals surface area contributed by atoms with E-state index in [9.17, 15) is 4.79 Å². The molecular formula is C25H27N3O. The number of hydrogen-bond donors (Lipinski definition) is 1.